The Labute approximate surface area is 231 Å². The van der Waals surface area contributed by atoms with E-state index in [9.17, 15) is 9.59 Å². The molecule has 2 aliphatic rings. The van der Waals surface area contributed by atoms with E-state index >= 15 is 0 Å². The molecule has 1 fully saturated rings. The largest absolute Gasteiger partial charge is 0.447 e. The quantitative estimate of drug-likeness (QED) is 0.464. The van der Waals surface area contributed by atoms with Crippen molar-refractivity contribution in [3.63, 3.8) is 0 Å². The Morgan fingerprint density at radius 1 is 1.13 bits per heavy atom. The molecule has 10 nitrogen and oxygen atoms in total. The summed E-state index contributed by atoms with van der Waals surface area (Å²) < 4.78 is 11.1. The number of morpholine rings is 1. The number of hydrogen-bond donors (Lipinski definition) is 2. The van der Waals surface area contributed by atoms with Crippen molar-refractivity contribution in [3.05, 3.63) is 35.5 Å². The van der Waals surface area contributed by atoms with Crippen LogP contribution in [-0.4, -0.2) is 72.0 Å². The van der Waals surface area contributed by atoms with Crippen LogP contribution in [0.4, 0.5) is 21.1 Å². The first-order valence-corrected chi connectivity index (χ1v) is 14.1. The maximum absolute atomic E-state index is 12.7. The standard InChI is InChI=1S/C29H42N6O4/c1-19(2)7-6-13-30-28(36)31-23-10-8-22(9-11-23)26-32-25-12-14-34(29(37)39-20(3)4)17-24(25)27(33-26)35-15-16-38-18-21(35)5/h8-11,19-21H,6-7,12-18H2,1-5H3,(H2,30,31,36). The van der Waals surface area contributed by atoms with Crippen LogP contribution in [-0.2, 0) is 22.4 Å². The van der Waals surface area contributed by atoms with Gasteiger partial charge in [0, 0.05) is 42.9 Å². The van der Waals surface area contributed by atoms with Gasteiger partial charge in [-0.3, -0.25) is 0 Å². The van der Waals surface area contributed by atoms with E-state index in [0.29, 0.717) is 56.7 Å². The molecule has 2 aromatic rings. The Morgan fingerprint density at radius 2 is 1.90 bits per heavy atom. The first-order valence-electron chi connectivity index (χ1n) is 14.1. The molecule has 1 unspecified atom stereocenters. The van der Waals surface area contributed by atoms with Crippen molar-refractivity contribution in [2.75, 3.05) is 43.1 Å². The number of urea groups is 1. The zero-order valence-corrected chi connectivity index (χ0v) is 23.8. The van der Waals surface area contributed by atoms with Crippen LogP contribution in [0.5, 0.6) is 0 Å². The van der Waals surface area contributed by atoms with Crippen molar-refractivity contribution >= 4 is 23.6 Å². The van der Waals surface area contributed by atoms with E-state index in [1.807, 2.05) is 38.1 Å². The summed E-state index contributed by atoms with van der Waals surface area (Å²) in [5, 5.41) is 5.80. The van der Waals surface area contributed by atoms with Gasteiger partial charge in [-0.25, -0.2) is 19.6 Å². The third-order valence-electron chi connectivity index (χ3n) is 6.92. The molecule has 39 heavy (non-hydrogen) atoms. The number of hydrogen-bond acceptors (Lipinski definition) is 7. The number of rotatable bonds is 8. The fraction of sp³-hybridized carbons (Fsp3) is 0.586. The predicted molar refractivity (Wildman–Crippen MR) is 152 cm³/mol. The Bertz CT molecular complexity index is 1140. The Hall–Kier alpha value is -3.40. The summed E-state index contributed by atoms with van der Waals surface area (Å²) in [5.74, 6) is 2.10. The van der Waals surface area contributed by atoms with Crippen LogP contribution in [0.2, 0.25) is 0 Å². The second-order valence-corrected chi connectivity index (χ2v) is 11.0. The molecule has 1 aromatic heterocycles. The Kier molecular flexibility index (Phi) is 9.61. The van der Waals surface area contributed by atoms with Crippen LogP contribution in [0.15, 0.2) is 24.3 Å². The van der Waals surface area contributed by atoms with Gasteiger partial charge in [0.15, 0.2) is 5.82 Å². The van der Waals surface area contributed by atoms with Crippen molar-refractivity contribution in [1.82, 2.24) is 20.2 Å². The smallest absolute Gasteiger partial charge is 0.410 e. The maximum Gasteiger partial charge on any atom is 0.410 e. The van der Waals surface area contributed by atoms with Crippen molar-refractivity contribution in [2.24, 2.45) is 5.92 Å². The molecule has 212 valence electrons. The zero-order chi connectivity index (χ0) is 27.9. The molecule has 0 spiro atoms. The van der Waals surface area contributed by atoms with Gasteiger partial charge in [0.2, 0.25) is 0 Å². The molecule has 10 heteroatoms. The molecular weight excluding hydrogens is 496 g/mol. The third-order valence-corrected chi connectivity index (χ3v) is 6.92. The van der Waals surface area contributed by atoms with E-state index in [-0.39, 0.29) is 24.3 Å². The van der Waals surface area contributed by atoms with E-state index < -0.39 is 0 Å². The second kappa shape index (κ2) is 13.1. The van der Waals surface area contributed by atoms with E-state index in [4.69, 9.17) is 19.4 Å². The highest BCUT2D eigenvalue weighted by Gasteiger charge is 2.31. The average Bonchev–Trinajstić information content (AvgIpc) is 2.90. The minimum Gasteiger partial charge on any atom is -0.447 e. The number of ether oxygens (including phenoxy) is 2. The lowest BCUT2D eigenvalue weighted by Crippen LogP contribution is -2.46. The lowest BCUT2D eigenvalue weighted by molar-refractivity contribution is 0.0725. The van der Waals surface area contributed by atoms with Crippen molar-refractivity contribution < 1.29 is 19.1 Å². The van der Waals surface area contributed by atoms with Crippen molar-refractivity contribution in [3.8, 4) is 11.4 Å². The molecule has 0 bridgehead atoms. The van der Waals surface area contributed by atoms with Crippen LogP contribution in [0.25, 0.3) is 11.4 Å². The number of aromatic nitrogens is 2. The molecule has 2 aliphatic heterocycles. The molecule has 2 N–H and O–H groups in total. The summed E-state index contributed by atoms with van der Waals surface area (Å²) in [7, 11) is 0. The molecule has 1 atom stereocenters. The highest BCUT2D eigenvalue weighted by molar-refractivity contribution is 5.89. The van der Waals surface area contributed by atoms with Crippen LogP contribution >= 0.6 is 0 Å². The molecule has 1 saturated heterocycles. The Balaban J connectivity index is 1.53. The Morgan fingerprint density at radius 3 is 2.59 bits per heavy atom. The number of carbonyl (C=O) groups is 2. The fourth-order valence-electron chi connectivity index (χ4n) is 4.83. The third kappa shape index (κ3) is 7.59. The van der Waals surface area contributed by atoms with Gasteiger partial charge in [-0.2, -0.15) is 0 Å². The van der Waals surface area contributed by atoms with Gasteiger partial charge < -0.3 is 29.9 Å². The van der Waals surface area contributed by atoms with Gasteiger partial charge in [0.05, 0.1) is 37.6 Å². The van der Waals surface area contributed by atoms with Gasteiger partial charge in [-0.1, -0.05) is 13.8 Å². The predicted octanol–water partition coefficient (Wildman–Crippen LogP) is 4.83. The fourth-order valence-corrected chi connectivity index (χ4v) is 4.83. The highest BCUT2D eigenvalue weighted by Crippen LogP contribution is 2.32. The SMILES string of the molecule is CC(C)CCCNC(=O)Nc1ccc(-c2nc3c(c(N4CCOCC4C)n2)CN(C(=O)OC(C)C)CC3)cc1. The molecule has 0 aliphatic carbocycles. The van der Waals surface area contributed by atoms with E-state index in [2.05, 4.69) is 36.3 Å². The van der Waals surface area contributed by atoms with Gasteiger partial charge in [-0.05, 0) is 63.8 Å². The first-order chi connectivity index (χ1) is 18.7. The van der Waals surface area contributed by atoms with Gasteiger partial charge in [-0.15, -0.1) is 0 Å². The van der Waals surface area contributed by atoms with Gasteiger partial charge >= 0.3 is 12.1 Å². The monoisotopic (exact) mass is 538 g/mol. The van der Waals surface area contributed by atoms with Crippen LogP contribution < -0.4 is 15.5 Å². The molecule has 1 aromatic carbocycles. The first kappa shape index (κ1) is 28.6. The lowest BCUT2D eigenvalue weighted by atomic mass is 10.0. The summed E-state index contributed by atoms with van der Waals surface area (Å²) in [6, 6.07) is 7.53. The number of anilines is 2. The summed E-state index contributed by atoms with van der Waals surface area (Å²) in [5.41, 5.74) is 3.49. The number of benzene rings is 1. The topological polar surface area (TPSA) is 109 Å². The van der Waals surface area contributed by atoms with Crippen LogP contribution in [0.1, 0.15) is 58.7 Å². The number of nitrogens with one attached hydrogen (secondary N) is 2. The number of carbonyl (C=O) groups excluding carboxylic acids is 2. The summed E-state index contributed by atoms with van der Waals surface area (Å²) in [4.78, 5) is 38.9. The normalized spacial score (nSPS) is 17.3. The highest BCUT2D eigenvalue weighted by atomic mass is 16.6. The van der Waals surface area contributed by atoms with Crippen LogP contribution in [0.3, 0.4) is 0 Å². The molecule has 4 rings (SSSR count). The minimum atomic E-state index is -0.312. The van der Waals surface area contributed by atoms with Crippen molar-refractivity contribution in [2.45, 2.75) is 72.6 Å². The zero-order valence-electron chi connectivity index (χ0n) is 23.8. The van der Waals surface area contributed by atoms with Gasteiger partial charge in [0.1, 0.15) is 5.82 Å². The maximum atomic E-state index is 12.7. The molecule has 0 radical (unpaired) electrons. The van der Waals surface area contributed by atoms with Gasteiger partial charge in [0.25, 0.3) is 0 Å². The summed E-state index contributed by atoms with van der Waals surface area (Å²) >= 11 is 0. The van der Waals surface area contributed by atoms with E-state index in [1.165, 1.54) is 0 Å². The van der Waals surface area contributed by atoms with Crippen LogP contribution in [0, 0.1) is 5.92 Å². The average molecular weight is 539 g/mol. The molecule has 3 heterocycles. The minimum absolute atomic E-state index is 0.147. The summed E-state index contributed by atoms with van der Waals surface area (Å²) in [6.07, 6.45) is 2.18. The second-order valence-electron chi connectivity index (χ2n) is 11.0. The summed E-state index contributed by atoms with van der Waals surface area (Å²) in [6.45, 7) is 13.8. The van der Waals surface area contributed by atoms with E-state index in [0.717, 1.165) is 42.0 Å². The van der Waals surface area contributed by atoms with Crippen molar-refractivity contribution in [1.29, 1.82) is 0 Å². The number of fused-ring (bicyclic) bond motifs is 1. The van der Waals surface area contributed by atoms with E-state index in [1.54, 1.807) is 4.90 Å². The molecule has 3 amide bonds. The lowest BCUT2D eigenvalue weighted by Gasteiger charge is -2.38. The number of nitrogens with zero attached hydrogens (tertiary/aromatic N) is 4. The number of amides is 3. The molecule has 0 saturated carbocycles. The molecular formula is C29H42N6O4.